The second kappa shape index (κ2) is 6.62. The van der Waals surface area contributed by atoms with Gasteiger partial charge in [-0.25, -0.2) is 4.79 Å². The molecule has 1 aliphatic heterocycles. The van der Waals surface area contributed by atoms with Crippen LogP contribution >= 0.6 is 0 Å². The van der Waals surface area contributed by atoms with Crippen LogP contribution in [0.1, 0.15) is 17.2 Å². The molecule has 4 heteroatoms. The molecule has 1 heterocycles. The van der Waals surface area contributed by atoms with E-state index in [1.165, 1.54) is 0 Å². The Morgan fingerprint density at radius 1 is 1.18 bits per heavy atom. The van der Waals surface area contributed by atoms with Crippen LogP contribution < -0.4 is 5.32 Å². The fourth-order valence-electron chi connectivity index (χ4n) is 2.63. The van der Waals surface area contributed by atoms with Gasteiger partial charge >= 0.3 is 6.03 Å². The summed E-state index contributed by atoms with van der Waals surface area (Å²) in [7, 11) is 0. The van der Waals surface area contributed by atoms with Crippen molar-refractivity contribution < 1.29 is 9.53 Å². The summed E-state index contributed by atoms with van der Waals surface area (Å²) >= 11 is 0. The number of nitrogens with one attached hydrogen (secondary N) is 1. The van der Waals surface area contributed by atoms with Crippen molar-refractivity contribution in [3.05, 3.63) is 65.7 Å². The Hall–Kier alpha value is -2.33. The maximum absolute atomic E-state index is 12.4. The third-order valence-corrected chi connectivity index (χ3v) is 3.79. The number of ether oxygens (including phenoxy) is 1. The molecule has 3 rings (SSSR count). The van der Waals surface area contributed by atoms with Crippen molar-refractivity contribution in [2.45, 2.75) is 13.0 Å². The number of hydrogen-bond acceptors (Lipinski definition) is 2. The van der Waals surface area contributed by atoms with Gasteiger partial charge in [-0.3, -0.25) is 0 Å². The van der Waals surface area contributed by atoms with Gasteiger partial charge in [0.1, 0.15) is 6.10 Å². The number of hydrogen-bond donors (Lipinski definition) is 1. The molecule has 1 fully saturated rings. The van der Waals surface area contributed by atoms with Crippen LogP contribution in [-0.4, -0.2) is 30.6 Å². The first-order valence-electron chi connectivity index (χ1n) is 7.51. The molecule has 22 heavy (non-hydrogen) atoms. The van der Waals surface area contributed by atoms with Crippen molar-refractivity contribution in [1.29, 1.82) is 0 Å². The molecule has 1 atom stereocenters. The summed E-state index contributed by atoms with van der Waals surface area (Å²) in [5, 5.41) is 2.96. The summed E-state index contributed by atoms with van der Waals surface area (Å²) in [6.07, 6.45) is -0.0572. The zero-order valence-corrected chi connectivity index (χ0v) is 12.7. The normalized spacial score (nSPS) is 18.0. The molecule has 0 saturated carbocycles. The van der Waals surface area contributed by atoms with Gasteiger partial charge in [0, 0.05) is 12.2 Å². The maximum atomic E-state index is 12.4. The minimum atomic E-state index is -0.0742. The Kier molecular flexibility index (Phi) is 4.39. The standard InChI is InChI=1S/C18H20N2O2/c1-14-6-5-9-16(12-14)19-18(21)20-10-11-22-17(13-20)15-7-3-2-4-8-15/h2-9,12,17H,10-11,13H2,1H3,(H,19,21). The molecule has 0 aromatic heterocycles. The first-order chi connectivity index (χ1) is 10.7. The zero-order chi connectivity index (χ0) is 15.4. The van der Waals surface area contributed by atoms with Crippen molar-refractivity contribution in [1.82, 2.24) is 4.90 Å². The van der Waals surface area contributed by atoms with Gasteiger partial charge in [0.2, 0.25) is 0 Å². The number of anilines is 1. The molecule has 4 nitrogen and oxygen atoms in total. The van der Waals surface area contributed by atoms with Crippen LogP contribution in [0.3, 0.4) is 0 Å². The van der Waals surface area contributed by atoms with Gasteiger partial charge in [-0.15, -0.1) is 0 Å². The van der Waals surface area contributed by atoms with Gasteiger partial charge in [-0.2, -0.15) is 0 Å². The van der Waals surface area contributed by atoms with Gasteiger partial charge in [0.25, 0.3) is 0 Å². The number of morpholine rings is 1. The smallest absolute Gasteiger partial charge is 0.322 e. The number of rotatable bonds is 2. The van der Waals surface area contributed by atoms with Crippen LogP contribution in [0.5, 0.6) is 0 Å². The highest BCUT2D eigenvalue weighted by atomic mass is 16.5. The Balaban J connectivity index is 1.65. The summed E-state index contributed by atoms with van der Waals surface area (Å²) < 4.78 is 5.79. The van der Waals surface area contributed by atoms with Crippen molar-refractivity contribution in [2.75, 3.05) is 25.0 Å². The second-order valence-corrected chi connectivity index (χ2v) is 5.52. The van der Waals surface area contributed by atoms with Crippen LogP contribution in [0.25, 0.3) is 0 Å². The Morgan fingerprint density at radius 2 is 2.00 bits per heavy atom. The van der Waals surface area contributed by atoms with E-state index in [1.807, 2.05) is 66.4 Å². The van der Waals surface area contributed by atoms with Crippen LogP contribution in [-0.2, 0) is 4.74 Å². The first-order valence-corrected chi connectivity index (χ1v) is 7.51. The number of amides is 2. The van der Waals surface area contributed by atoms with E-state index in [-0.39, 0.29) is 12.1 Å². The molecule has 114 valence electrons. The molecule has 0 spiro atoms. The van der Waals surface area contributed by atoms with Gasteiger partial charge in [-0.1, -0.05) is 42.5 Å². The van der Waals surface area contributed by atoms with Crippen molar-refractivity contribution in [3.8, 4) is 0 Å². The summed E-state index contributed by atoms with van der Waals surface area (Å²) in [6.45, 7) is 3.75. The quantitative estimate of drug-likeness (QED) is 0.920. The van der Waals surface area contributed by atoms with Crippen molar-refractivity contribution in [2.24, 2.45) is 0 Å². The summed E-state index contributed by atoms with van der Waals surface area (Å²) in [6, 6.07) is 17.8. The average molecular weight is 296 g/mol. The summed E-state index contributed by atoms with van der Waals surface area (Å²) in [5.74, 6) is 0. The summed E-state index contributed by atoms with van der Waals surface area (Å²) in [4.78, 5) is 14.2. The molecular weight excluding hydrogens is 276 g/mol. The molecule has 2 amide bonds. The van der Waals surface area contributed by atoms with E-state index in [0.717, 1.165) is 16.8 Å². The third-order valence-electron chi connectivity index (χ3n) is 3.79. The Labute approximate surface area is 130 Å². The van der Waals surface area contributed by atoms with Crippen LogP contribution in [0.4, 0.5) is 10.5 Å². The highest BCUT2D eigenvalue weighted by Crippen LogP contribution is 2.22. The van der Waals surface area contributed by atoms with E-state index in [0.29, 0.717) is 19.7 Å². The molecule has 0 radical (unpaired) electrons. The number of aryl methyl sites for hydroxylation is 1. The fourth-order valence-corrected chi connectivity index (χ4v) is 2.63. The van der Waals surface area contributed by atoms with Gasteiger partial charge in [-0.05, 0) is 30.2 Å². The Bertz CT molecular complexity index is 643. The topological polar surface area (TPSA) is 41.6 Å². The minimum Gasteiger partial charge on any atom is -0.370 e. The molecule has 2 aromatic rings. The molecule has 0 aliphatic carbocycles. The molecule has 1 saturated heterocycles. The lowest BCUT2D eigenvalue weighted by Gasteiger charge is -2.33. The number of carbonyl (C=O) groups excluding carboxylic acids is 1. The molecular formula is C18H20N2O2. The largest absolute Gasteiger partial charge is 0.370 e. The average Bonchev–Trinajstić information content (AvgIpc) is 2.56. The van der Waals surface area contributed by atoms with E-state index in [9.17, 15) is 4.79 Å². The summed E-state index contributed by atoms with van der Waals surface area (Å²) in [5.41, 5.74) is 3.06. The van der Waals surface area contributed by atoms with Crippen molar-refractivity contribution in [3.63, 3.8) is 0 Å². The SMILES string of the molecule is Cc1cccc(NC(=O)N2CCOC(c3ccccc3)C2)c1. The lowest BCUT2D eigenvalue weighted by atomic mass is 10.1. The number of carbonyl (C=O) groups is 1. The van der Waals surface area contributed by atoms with E-state index < -0.39 is 0 Å². The zero-order valence-electron chi connectivity index (χ0n) is 12.7. The fraction of sp³-hybridized carbons (Fsp3) is 0.278. The van der Waals surface area contributed by atoms with E-state index in [2.05, 4.69) is 5.32 Å². The Morgan fingerprint density at radius 3 is 2.77 bits per heavy atom. The number of nitrogens with zero attached hydrogens (tertiary/aromatic N) is 1. The highest BCUT2D eigenvalue weighted by Gasteiger charge is 2.25. The monoisotopic (exact) mass is 296 g/mol. The predicted molar refractivity (Wildman–Crippen MR) is 86.9 cm³/mol. The van der Waals surface area contributed by atoms with E-state index in [4.69, 9.17) is 4.74 Å². The lowest BCUT2D eigenvalue weighted by Crippen LogP contribution is -2.44. The van der Waals surface area contributed by atoms with Crippen molar-refractivity contribution >= 4 is 11.7 Å². The van der Waals surface area contributed by atoms with E-state index in [1.54, 1.807) is 0 Å². The van der Waals surface area contributed by atoms with Crippen LogP contribution in [0.15, 0.2) is 54.6 Å². The minimum absolute atomic E-state index is 0.0572. The highest BCUT2D eigenvalue weighted by molar-refractivity contribution is 5.89. The molecule has 0 bridgehead atoms. The van der Waals surface area contributed by atoms with E-state index >= 15 is 0 Å². The van der Waals surface area contributed by atoms with Crippen LogP contribution in [0, 0.1) is 6.92 Å². The number of urea groups is 1. The molecule has 1 unspecified atom stereocenters. The number of benzene rings is 2. The molecule has 1 N–H and O–H groups in total. The molecule has 2 aromatic carbocycles. The second-order valence-electron chi connectivity index (χ2n) is 5.52. The lowest BCUT2D eigenvalue weighted by molar-refractivity contribution is -0.0135. The molecule has 1 aliphatic rings. The third kappa shape index (κ3) is 3.46. The maximum Gasteiger partial charge on any atom is 0.322 e. The van der Waals surface area contributed by atoms with Gasteiger partial charge < -0.3 is 15.0 Å². The van der Waals surface area contributed by atoms with Crippen LogP contribution in [0.2, 0.25) is 0 Å². The predicted octanol–water partition coefficient (Wildman–Crippen LogP) is 3.60. The van der Waals surface area contributed by atoms with Gasteiger partial charge in [0.05, 0.1) is 13.2 Å². The first kappa shape index (κ1) is 14.6. The van der Waals surface area contributed by atoms with Gasteiger partial charge in [0.15, 0.2) is 0 Å².